The van der Waals surface area contributed by atoms with Gasteiger partial charge in [-0.15, -0.1) is 0 Å². The van der Waals surface area contributed by atoms with Crippen LogP contribution in [0.2, 0.25) is 0 Å². The summed E-state index contributed by atoms with van der Waals surface area (Å²) in [6.07, 6.45) is 1.81. The maximum absolute atomic E-state index is 9.42. The van der Waals surface area contributed by atoms with Crippen molar-refractivity contribution in [1.29, 1.82) is 0 Å². The van der Waals surface area contributed by atoms with Crippen molar-refractivity contribution >= 4 is 0 Å². The standard InChI is InChI=1S/C15H23NO2/c1-12-8-13(2)10-15(9-12)18-7-3-5-16-6-4-14(17)11-16/h8-10,14,17H,3-7,11H2,1-2H3/t14-/m0/s1. The molecule has 1 heterocycles. The summed E-state index contributed by atoms with van der Waals surface area (Å²) in [5, 5.41) is 9.42. The van der Waals surface area contributed by atoms with E-state index in [1.165, 1.54) is 11.1 Å². The van der Waals surface area contributed by atoms with Gasteiger partial charge in [-0.25, -0.2) is 0 Å². The van der Waals surface area contributed by atoms with Gasteiger partial charge in [0.25, 0.3) is 0 Å². The van der Waals surface area contributed by atoms with Gasteiger partial charge in [-0.3, -0.25) is 0 Å². The zero-order chi connectivity index (χ0) is 13.0. The molecule has 0 aliphatic carbocycles. The number of rotatable bonds is 5. The molecule has 1 aromatic rings. The van der Waals surface area contributed by atoms with Crippen molar-refractivity contribution < 1.29 is 9.84 Å². The molecule has 1 N–H and O–H groups in total. The minimum atomic E-state index is -0.120. The van der Waals surface area contributed by atoms with Crippen molar-refractivity contribution in [3.8, 4) is 5.75 Å². The van der Waals surface area contributed by atoms with Gasteiger partial charge >= 0.3 is 0 Å². The van der Waals surface area contributed by atoms with Crippen LogP contribution in [0.15, 0.2) is 18.2 Å². The first-order valence-electron chi connectivity index (χ1n) is 6.75. The number of aryl methyl sites for hydroxylation is 2. The summed E-state index contributed by atoms with van der Waals surface area (Å²) in [4.78, 5) is 2.30. The first kappa shape index (κ1) is 13.4. The van der Waals surface area contributed by atoms with Crippen LogP contribution in [0.1, 0.15) is 24.0 Å². The maximum Gasteiger partial charge on any atom is 0.119 e. The topological polar surface area (TPSA) is 32.7 Å². The molecule has 1 aromatic carbocycles. The molecule has 1 atom stereocenters. The van der Waals surface area contributed by atoms with E-state index in [-0.39, 0.29) is 6.10 Å². The second-order valence-electron chi connectivity index (χ2n) is 5.27. The molecule has 1 fully saturated rings. The number of nitrogens with zero attached hydrogens (tertiary/aromatic N) is 1. The van der Waals surface area contributed by atoms with Crippen LogP contribution in [0.5, 0.6) is 5.75 Å². The van der Waals surface area contributed by atoms with E-state index in [0.29, 0.717) is 0 Å². The molecule has 0 radical (unpaired) electrons. The average molecular weight is 249 g/mol. The van der Waals surface area contributed by atoms with Crippen LogP contribution in [0.25, 0.3) is 0 Å². The molecule has 0 amide bonds. The Morgan fingerprint density at radius 2 is 2.00 bits per heavy atom. The van der Waals surface area contributed by atoms with Crippen LogP contribution >= 0.6 is 0 Å². The summed E-state index contributed by atoms with van der Waals surface area (Å²) >= 11 is 0. The smallest absolute Gasteiger partial charge is 0.119 e. The van der Waals surface area contributed by atoms with Crippen molar-refractivity contribution in [3.05, 3.63) is 29.3 Å². The van der Waals surface area contributed by atoms with Crippen molar-refractivity contribution in [3.63, 3.8) is 0 Å². The van der Waals surface area contributed by atoms with Gasteiger partial charge in [0.05, 0.1) is 12.7 Å². The fourth-order valence-corrected chi connectivity index (χ4v) is 2.51. The number of benzene rings is 1. The molecule has 2 rings (SSSR count). The summed E-state index contributed by atoms with van der Waals surface area (Å²) in [5.41, 5.74) is 2.49. The van der Waals surface area contributed by atoms with Crippen LogP contribution in [0.4, 0.5) is 0 Å². The Kier molecular flexibility index (Phi) is 4.61. The van der Waals surface area contributed by atoms with E-state index in [1.807, 2.05) is 0 Å². The lowest BCUT2D eigenvalue weighted by atomic mass is 10.1. The van der Waals surface area contributed by atoms with Crippen molar-refractivity contribution in [2.24, 2.45) is 0 Å². The molecule has 3 nitrogen and oxygen atoms in total. The van der Waals surface area contributed by atoms with E-state index in [4.69, 9.17) is 4.74 Å². The number of hydrogen-bond acceptors (Lipinski definition) is 3. The number of ether oxygens (including phenoxy) is 1. The molecular formula is C15H23NO2. The van der Waals surface area contributed by atoms with Crippen molar-refractivity contribution in [1.82, 2.24) is 4.90 Å². The first-order valence-corrected chi connectivity index (χ1v) is 6.75. The van der Waals surface area contributed by atoms with Gasteiger partial charge in [0.1, 0.15) is 5.75 Å². The van der Waals surface area contributed by atoms with Gasteiger partial charge < -0.3 is 14.7 Å². The highest BCUT2D eigenvalue weighted by Gasteiger charge is 2.19. The molecule has 3 heteroatoms. The van der Waals surface area contributed by atoms with Gasteiger partial charge in [-0.2, -0.15) is 0 Å². The number of aliphatic hydroxyl groups is 1. The number of hydrogen-bond donors (Lipinski definition) is 1. The number of likely N-dealkylation sites (tertiary alicyclic amines) is 1. The predicted molar refractivity (Wildman–Crippen MR) is 73.1 cm³/mol. The van der Waals surface area contributed by atoms with Gasteiger partial charge in [-0.1, -0.05) is 6.07 Å². The Hall–Kier alpha value is -1.06. The first-order chi connectivity index (χ1) is 8.63. The third-order valence-corrected chi connectivity index (χ3v) is 3.33. The van der Waals surface area contributed by atoms with E-state index < -0.39 is 0 Å². The summed E-state index contributed by atoms with van der Waals surface area (Å²) in [6, 6.07) is 6.30. The Morgan fingerprint density at radius 1 is 1.28 bits per heavy atom. The summed E-state index contributed by atoms with van der Waals surface area (Å²) in [6.45, 7) is 7.78. The summed E-state index contributed by atoms with van der Waals surface area (Å²) in [5.74, 6) is 0.967. The van der Waals surface area contributed by atoms with Crippen LogP contribution in [0, 0.1) is 13.8 Å². The SMILES string of the molecule is Cc1cc(C)cc(OCCCN2CC[C@H](O)C2)c1. The Labute approximate surface area is 109 Å². The van der Waals surface area contributed by atoms with E-state index in [9.17, 15) is 5.11 Å². The van der Waals surface area contributed by atoms with E-state index in [0.717, 1.165) is 44.8 Å². The molecule has 100 valence electrons. The summed E-state index contributed by atoms with van der Waals surface area (Å²) < 4.78 is 5.77. The lowest BCUT2D eigenvalue weighted by Gasteiger charge is -2.15. The Morgan fingerprint density at radius 3 is 2.61 bits per heavy atom. The molecule has 1 saturated heterocycles. The third kappa shape index (κ3) is 4.00. The number of β-amino-alcohol motifs (C(OH)–C–C–N with tert-alkyl or cyclic N) is 1. The molecule has 18 heavy (non-hydrogen) atoms. The van der Waals surface area contributed by atoms with Crippen molar-refractivity contribution in [2.45, 2.75) is 32.8 Å². The fraction of sp³-hybridized carbons (Fsp3) is 0.600. The third-order valence-electron chi connectivity index (χ3n) is 3.33. The van der Waals surface area contributed by atoms with Gasteiger partial charge in [0, 0.05) is 19.6 Å². The lowest BCUT2D eigenvalue weighted by Crippen LogP contribution is -2.24. The zero-order valence-corrected chi connectivity index (χ0v) is 11.4. The molecule has 0 aromatic heterocycles. The Balaban J connectivity index is 1.68. The molecule has 0 spiro atoms. The Bertz CT molecular complexity index is 372. The monoisotopic (exact) mass is 249 g/mol. The van der Waals surface area contributed by atoms with Crippen LogP contribution in [-0.4, -0.2) is 42.4 Å². The zero-order valence-electron chi connectivity index (χ0n) is 11.4. The second kappa shape index (κ2) is 6.21. The molecule has 1 aliphatic heterocycles. The largest absolute Gasteiger partial charge is 0.494 e. The van der Waals surface area contributed by atoms with Crippen LogP contribution in [0.3, 0.4) is 0 Å². The second-order valence-corrected chi connectivity index (χ2v) is 5.27. The van der Waals surface area contributed by atoms with Crippen LogP contribution in [-0.2, 0) is 0 Å². The normalized spacial score (nSPS) is 20.3. The molecule has 0 bridgehead atoms. The summed E-state index contributed by atoms with van der Waals surface area (Å²) in [7, 11) is 0. The van der Waals surface area contributed by atoms with E-state index in [2.05, 4.69) is 36.9 Å². The van der Waals surface area contributed by atoms with Crippen LogP contribution < -0.4 is 4.74 Å². The lowest BCUT2D eigenvalue weighted by molar-refractivity contribution is 0.173. The molecule has 1 aliphatic rings. The quantitative estimate of drug-likeness (QED) is 0.812. The average Bonchev–Trinajstić information content (AvgIpc) is 2.69. The fourth-order valence-electron chi connectivity index (χ4n) is 2.51. The van der Waals surface area contributed by atoms with Gasteiger partial charge in [0.2, 0.25) is 0 Å². The highest BCUT2D eigenvalue weighted by atomic mass is 16.5. The molecule has 0 unspecified atom stereocenters. The predicted octanol–water partition coefficient (Wildman–Crippen LogP) is 2.14. The maximum atomic E-state index is 9.42. The number of aliphatic hydroxyl groups excluding tert-OH is 1. The highest BCUT2D eigenvalue weighted by molar-refractivity contribution is 5.32. The van der Waals surface area contributed by atoms with Crippen molar-refractivity contribution in [2.75, 3.05) is 26.2 Å². The van der Waals surface area contributed by atoms with E-state index >= 15 is 0 Å². The van der Waals surface area contributed by atoms with Gasteiger partial charge in [0.15, 0.2) is 0 Å². The molecular weight excluding hydrogens is 226 g/mol. The minimum absolute atomic E-state index is 0.120. The highest BCUT2D eigenvalue weighted by Crippen LogP contribution is 2.16. The van der Waals surface area contributed by atoms with E-state index in [1.54, 1.807) is 0 Å². The molecule has 0 saturated carbocycles. The van der Waals surface area contributed by atoms with Gasteiger partial charge in [-0.05, 0) is 49.9 Å². The minimum Gasteiger partial charge on any atom is -0.494 e.